The van der Waals surface area contributed by atoms with E-state index in [1.54, 1.807) is 12.4 Å². The summed E-state index contributed by atoms with van der Waals surface area (Å²) in [6.07, 6.45) is 5.69. The van der Waals surface area contributed by atoms with Gasteiger partial charge in [-0.2, -0.15) is 0 Å². The van der Waals surface area contributed by atoms with Gasteiger partial charge in [0.1, 0.15) is 4.88 Å². The third-order valence-electron chi connectivity index (χ3n) is 4.65. The van der Waals surface area contributed by atoms with E-state index in [1.807, 2.05) is 35.2 Å². The van der Waals surface area contributed by atoms with Crippen LogP contribution >= 0.6 is 11.3 Å². The molecule has 0 aliphatic carbocycles. The Kier molecular flexibility index (Phi) is 5.48. The number of carbonyl (C=O) groups is 2. The predicted molar refractivity (Wildman–Crippen MR) is 110 cm³/mol. The molecule has 3 aromatic rings. The SMILES string of the molecule is O=C(NCCCN1CCCC1=O)c1cnc(Nc2ccc3ncccc3c2)s1. The molecule has 1 aromatic carbocycles. The smallest absolute Gasteiger partial charge is 0.263 e. The Morgan fingerprint density at radius 2 is 2.18 bits per heavy atom. The summed E-state index contributed by atoms with van der Waals surface area (Å²) in [7, 11) is 0. The van der Waals surface area contributed by atoms with E-state index in [0.717, 1.165) is 36.0 Å². The van der Waals surface area contributed by atoms with Crippen molar-refractivity contribution in [2.24, 2.45) is 0 Å². The van der Waals surface area contributed by atoms with Gasteiger partial charge in [-0.05, 0) is 37.1 Å². The minimum atomic E-state index is -0.138. The maximum Gasteiger partial charge on any atom is 0.263 e. The van der Waals surface area contributed by atoms with Gasteiger partial charge < -0.3 is 15.5 Å². The monoisotopic (exact) mass is 395 g/mol. The summed E-state index contributed by atoms with van der Waals surface area (Å²) in [5, 5.41) is 7.84. The van der Waals surface area contributed by atoms with Gasteiger partial charge in [-0.25, -0.2) is 4.98 Å². The van der Waals surface area contributed by atoms with Crippen molar-refractivity contribution < 1.29 is 9.59 Å². The molecule has 2 aromatic heterocycles. The number of fused-ring (bicyclic) bond motifs is 1. The molecule has 0 atom stereocenters. The van der Waals surface area contributed by atoms with Gasteiger partial charge in [0.05, 0.1) is 11.7 Å². The highest BCUT2D eigenvalue weighted by Crippen LogP contribution is 2.24. The van der Waals surface area contributed by atoms with E-state index >= 15 is 0 Å². The minimum absolute atomic E-state index is 0.138. The highest BCUT2D eigenvalue weighted by atomic mass is 32.1. The van der Waals surface area contributed by atoms with Crippen LogP contribution in [0.5, 0.6) is 0 Å². The molecular formula is C20H21N5O2S. The van der Waals surface area contributed by atoms with Crippen molar-refractivity contribution in [3.05, 3.63) is 47.6 Å². The first kappa shape index (κ1) is 18.4. The van der Waals surface area contributed by atoms with Gasteiger partial charge in [0.25, 0.3) is 5.91 Å². The molecule has 8 heteroatoms. The van der Waals surface area contributed by atoms with Crippen molar-refractivity contribution in [1.29, 1.82) is 0 Å². The first-order valence-corrected chi connectivity index (χ1v) is 10.1. The quantitative estimate of drug-likeness (QED) is 0.600. The van der Waals surface area contributed by atoms with Crippen molar-refractivity contribution in [2.75, 3.05) is 25.0 Å². The van der Waals surface area contributed by atoms with Crippen LogP contribution in [0.15, 0.2) is 42.7 Å². The van der Waals surface area contributed by atoms with Gasteiger partial charge in [0.15, 0.2) is 5.13 Å². The number of anilines is 2. The van der Waals surface area contributed by atoms with E-state index in [1.165, 1.54) is 11.3 Å². The molecule has 7 nitrogen and oxygen atoms in total. The fourth-order valence-corrected chi connectivity index (χ4v) is 3.97. The number of hydrogen-bond donors (Lipinski definition) is 2. The van der Waals surface area contributed by atoms with Gasteiger partial charge >= 0.3 is 0 Å². The first-order chi connectivity index (χ1) is 13.7. The zero-order valence-electron chi connectivity index (χ0n) is 15.4. The van der Waals surface area contributed by atoms with Crippen LogP contribution in [-0.2, 0) is 4.79 Å². The van der Waals surface area contributed by atoms with Gasteiger partial charge in [0, 0.05) is 43.3 Å². The fraction of sp³-hybridized carbons (Fsp3) is 0.300. The number of pyridine rings is 1. The van der Waals surface area contributed by atoms with Crippen LogP contribution in [0.25, 0.3) is 10.9 Å². The average Bonchev–Trinajstić information content (AvgIpc) is 3.34. The molecule has 28 heavy (non-hydrogen) atoms. The number of hydrogen-bond acceptors (Lipinski definition) is 6. The first-order valence-electron chi connectivity index (χ1n) is 9.33. The Bertz CT molecular complexity index is 1000. The predicted octanol–water partition coefficient (Wildman–Crippen LogP) is 3.18. The lowest BCUT2D eigenvalue weighted by Gasteiger charge is -2.15. The second kappa shape index (κ2) is 8.35. The fourth-order valence-electron chi connectivity index (χ4n) is 3.21. The Morgan fingerprint density at radius 1 is 1.25 bits per heavy atom. The largest absolute Gasteiger partial charge is 0.351 e. The van der Waals surface area contributed by atoms with E-state index in [0.29, 0.717) is 29.5 Å². The summed E-state index contributed by atoms with van der Waals surface area (Å²) in [5.41, 5.74) is 1.83. The molecule has 1 fully saturated rings. The molecule has 144 valence electrons. The lowest BCUT2D eigenvalue weighted by molar-refractivity contribution is -0.127. The molecule has 2 amide bonds. The molecule has 1 saturated heterocycles. The number of thiazole rings is 1. The number of nitrogens with zero attached hydrogens (tertiary/aromatic N) is 3. The zero-order chi connectivity index (χ0) is 19.3. The van der Waals surface area contributed by atoms with Crippen LogP contribution in [0.2, 0.25) is 0 Å². The Hall–Kier alpha value is -3.00. The Labute approximate surface area is 166 Å². The van der Waals surface area contributed by atoms with E-state index in [4.69, 9.17) is 0 Å². The van der Waals surface area contributed by atoms with Crippen LogP contribution in [0, 0.1) is 0 Å². The molecular weight excluding hydrogens is 374 g/mol. The molecule has 1 aliphatic heterocycles. The number of nitrogens with one attached hydrogen (secondary N) is 2. The van der Waals surface area contributed by atoms with Crippen molar-refractivity contribution >= 4 is 44.9 Å². The molecule has 0 saturated carbocycles. The van der Waals surface area contributed by atoms with Crippen LogP contribution in [0.3, 0.4) is 0 Å². The van der Waals surface area contributed by atoms with Crippen LogP contribution in [0.1, 0.15) is 28.9 Å². The van der Waals surface area contributed by atoms with E-state index < -0.39 is 0 Å². The summed E-state index contributed by atoms with van der Waals surface area (Å²) < 4.78 is 0. The third kappa shape index (κ3) is 4.28. The zero-order valence-corrected chi connectivity index (χ0v) is 16.2. The van der Waals surface area contributed by atoms with Gasteiger partial charge in [-0.3, -0.25) is 14.6 Å². The molecule has 0 bridgehead atoms. The number of benzene rings is 1. The summed E-state index contributed by atoms with van der Waals surface area (Å²) in [5.74, 6) is 0.0787. The summed E-state index contributed by atoms with van der Waals surface area (Å²) in [6.45, 7) is 2.08. The standard InChI is InChI=1S/C20H21N5O2S/c26-18-5-2-10-25(18)11-3-9-22-19(27)17-13-23-20(28-17)24-15-6-7-16-14(12-15)4-1-8-21-16/h1,4,6-8,12-13H,2-3,5,9-11H2,(H,22,27)(H,23,24). The second-order valence-electron chi connectivity index (χ2n) is 6.66. The highest BCUT2D eigenvalue weighted by Gasteiger charge is 2.19. The van der Waals surface area contributed by atoms with Gasteiger partial charge in [-0.1, -0.05) is 17.4 Å². The molecule has 0 spiro atoms. The number of carbonyl (C=O) groups excluding carboxylic acids is 2. The number of rotatable bonds is 7. The molecule has 0 radical (unpaired) electrons. The average molecular weight is 395 g/mol. The Balaban J connectivity index is 1.29. The number of likely N-dealkylation sites (tertiary alicyclic amines) is 1. The maximum atomic E-state index is 12.3. The summed E-state index contributed by atoms with van der Waals surface area (Å²) in [6, 6.07) is 9.80. The van der Waals surface area contributed by atoms with Crippen LogP contribution in [-0.4, -0.2) is 46.3 Å². The van der Waals surface area contributed by atoms with Crippen molar-refractivity contribution in [2.45, 2.75) is 19.3 Å². The number of aromatic nitrogens is 2. The van der Waals surface area contributed by atoms with E-state index in [-0.39, 0.29) is 11.8 Å². The topological polar surface area (TPSA) is 87.2 Å². The molecule has 3 heterocycles. The normalized spacial score (nSPS) is 13.9. The third-order valence-corrected chi connectivity index (χ3v) is 5.56. The molecule has 1 aliphatic rings. The van der Waals surface area contributed by atoms with Crippen molar-refractivity contribution in [3.63, 3.8) is 0 Å². The summed E-state index contributed by atoms with van der Waals surface area (Å²) in [4.78, 5) is 34.9. The lowest BCUT2D eigenvalue weighted by atomic mass is 10.2. The van der Waals surface area contributed by atoms with E-state index in [9.17, 15) is 9.59 Å². The molecule has 2 N–H and O–H groups in total. The van der Waals surface area contributed by atoms with Crippen LogP contribution < -0.4 is 10.6 Å². The van der Waals surface area contributed by atoms with Crippen molar-refractivity contribution in [1.82, 2.24) is 20.2 Å². The van der Waals surface area contributed by atoms with Crippen LogP contribution in [0.4, 0.5) is 10.8 Å². The maximum absolute atomic E-state index is 12.3. The number of amides is 2. The lowest BCUT2D eigenvalue weighted by Crippen LogP contribution is -2.30. The highest BCUT2D eigenvalue weighted by molar-refractivity contribution is 7.17. The second-order valence-corrected chi connectivity index (χ2v) is 7.69. The summed E-state index contributed by atoms with van der Waals surface area (Å²) >= 11 is 1.31. The molecule has 0 unspecified atom stereocenters. The minimum Gasteiger partial charge on any atom is -0.351 e. The molecule has 4 rings (SSSR count). The van der Waals surface area contributed by atoms with Gasteiger partial charge in [0.2, 0.25) is 5.91 Å². The van der Waals surface area contributed by atoms with Gasteiger partial charge in [-0.15, -0.1) is 0 Å². The van der Waals surface area contributed by atoms with Crippen molar-refractivity contribution in [3.8, 4) is 0 Å². The van der Waals surface area contributed by atoms with E-state index in [2.05, 4.69) is 20.6 Å². The Morgan fingerprint density at radius 3 is 3.04 bits per heavy atom.